The van der Waals surface area contributed by atoms with Crippen LogP contribution < -0.4 is 5.32 Å². The molecule has 0 aliphatic carbocycles. The summed E-state index contributed by atoms with van der Waals surface area (Å²) in [6, 6.07) is 0. The minimum atomic E-state index is -4.08. The van der Waals surface area contributed by atoms with E-state index in [2.05, 4.69) is 10.3 Å². The van der Waals surface area contributed by atoms with Gasteiger partial charge in [-0.05, 0) is 25.8 Å². The fraction of sp³-hybridized carbons (Fsp3) is 0.769. The lowest BCUT2D eigenvalue weighted by Gasteiger charge is -2.27. The Bertz CT molecular complexity index is 383. The summed E-state index contributed by atoms with van der Waals surface area (Å²) in [5.41, 5.74) is 1.18. The van der Waals surface area contributed by atoms with Crippen LogP contribution in [-0.4, -0.2) is 43.1 Å². The lowest BCUT2D eigenvalue weighted by molar-refractivity contribution is -0.169. The van der Waals surface area contributed by atoms with Gasteiger partial charge in [0, 0.05) is 38.3 Å². The van der Waals surface area contributed by atoms with Crippen LogP contribution in [0.1, 0.15) is 20.3 Å². The van der Waals surface area contributed by atoms with Crippen molar-refractivity contribution < 1.29 is 13.2 Å². The average Bonchev–Trinajstić information content (AvgIpc) is 2.72. The standard InChI is InChI=1S/C13H20F3N3/c1-9(11-6-17-7-11)5-18-10(2)19-4-3-12(8-19)13(14,15)16/h5,11-12,17H,3-4,6-8H2,1-2H3/b9-5+,18-10+/t12-/m1/s1. The molecule has 1 atom stereocenters. The number of rotatable bonds is 2. The molecule has 0 radical (unpaired) electrons. The summed E-state index contributed by atoms with van der Waals surface area (Å²) >= 11 is 0. The Morgan fingerprint density at radius 2 is 2.00 bits per heavy atom. The van der Waals surface area contributed by atoms with E-state index in [-0.39, 0.29) is 13.0 Å². The second-order valence-corrected chi connectivity index (χ2v) is 5.38. The molecule has 108 valence electrons. The predicted octanol–water partition coefficient (Wildman–Crippen LogP) is 2.41. The first-order valence-corrected chi connectivity index (χ1v) is 6.61. The molecule has 2 aliphatic rings. The number of amidine groups is 1. The van der Waals surface area contributed by atoms with Gasteiger partial charge in [-0.2, -0.15) is 13.2 Å². The van der Waals surface area contributed by atoms with Gasteiger partial charge in [-0.1, -0.05) is 0 Å². The lowest BCUT2D eigenvalue weighted by Crippen LogP contribution is -2.42. The van der Waals surface area contributed by atoms with Gasteiger partial charge in [0.15, 0.2) is 0 Å². The average molecular weight is 275 g/mol. The summed E-state index contributed by atoms with van der Waals surface area (Å²) in [4.78, 5) is 6.03. The minimum Gasteiger partial charge on any atom is -0.360 e. The van der Waals surface area contributed by atoms with Crippen molar-refractivity contribution >= 4 is 5.84 Å². The van der Waals surface area contributed by atoms with Crippen molar-refractivity contribution in [3.05, 3.63) is 11.8 Å². The summed E-state index contributed by atoms with van der Waals surface area (Å²) < 4.78 is 37.8. The Labute approximate surface area is 111 Å². The molecule has 2 fully saturated rings. The van der Waals surface area contributed by atoms with E-state index in [9.17, 15) is 13.2 Å². The molecule has 6 heteroatoms. The van der Waals surface area contributed by atoms with Crippen LogP contribution >= 0.6 is 0 Å². The van der Waals surface area contributed by atoms with Gasteiger partial charge >= 0.3 is 6.18 Å². The zero-order valence-electron chi connectivity index (χ0n) is 11.3. The summed E-state index contributed by atoms with van der Waals surface area (Å²) in [7, 11) is 0. The van der Waals surface area contributed by atoms with E-state index in [0.717, 1.165) is 13.1 Å². The third kappa shape index (κ3) is 3.49. The van der Waals surface area contributed by atoms with E-state index in [1.165, 1.54) is 5.57 Å². The van der Waals surface area contributed by atoms with Crippen LogP contribution in [0, 0.1) is 11.8 Å². The van der Waals surface area contributed by atoms with Gasteiger partial charge in [-0.15, -0.1) is 0 Å². The first-order valence-electron chi connectivity index (χ1n) is 6.61. The molecule has 2 heterocycles. The monoisotopic (exact) mass is 275 g/mol. The smallest absolute Gasteiger partial charge is 0.360 e. The fourth-order valence-corrected chi connectivity index (χ4v) is 2.31. The van der Waals surface area contributed by atoms with Crippen molar-refractivity contribution in [3.8, 4) is 0 Å². The van der Waals surface area contributed by atoms with Crippen molar-refractivity contribution in [2.75, 3.05) is 26.2 Å². The summed E-state index contributed by atoms with van der Waals surface area (Å²) in [5.74, 6) is -0.00464. The maximum Gasteiger partial charge on any atom is 0.393 e. The van der Waals surface area contributed by atoms with Crippen molar-refractivity contribution in [3.63, 3.8) is 0 Å². The van der Waals surface area contributed by atoms with E-state index in [1.54, 1.807) is 18.0 Å². The maximum absolute atomic E-state index is 12.6. The van der Waals surface area contributed by atoms with Gasteiger partial charge < -0.3 is 10.2 Å². The highest BCUT2D eigenvalue weighted by atomic mass is 19.4. The Morgan fingerprint density at radius 3 is 2.47 bits per heavy atom. The number of hydrogen-bond acceptors (Lipinski definition) is 2. The molecule has 0 aromatic heterocycles. The highest BCUT2D eigenvalue weighted by molar-refractivity contribution is 5.80. The highest BCUT2D eigenvalue weighted by Gasteiger charge is 2.43. The highest BCUT2D eigenvalue weighted by Crippen LogP contribution is 2.33. The van der Waals surface area contributed by atoms with Gasteiger partial charge in [0.1, 0.15) is 5.84 Å². The molecule has 0 unspecified atom stereocenters. The van der Waals surface area contributed by atoms with Crippen molar-refractivity contribution in [2.45, 2.75) is 26.4 Å². The van der Waals surface area contributed by atoms with Crippen LogP contribution in [0.15, 0.2) is 16.8 Å². The molecule has 0 saturated carbocycles. The molecular formula is C13H20F3N3. The minimum absolute atomic E-state index is 0.0384. The Kier molecular flexibility index (Phi) is 4.18. The molecule has 0 aromatic rings. The summed E-state index contributed by atoms with van der Waals surface area (Å²) in [5, 5.41) is 3.18. The summed E-state index contributed by atoms with van der Waals surface area (Å²) in [6.07, 6.45) is -2.12. The Balaban J connectivity index is 1.91. The molecule has 2 aliphatic heterocycles. The van der Waals surface area contributed by atoms with Crippen molar-refractivity contribution in [1.82, 2.24) is 10.2 Å². The number of hydrogen-bond donors (Lipinski definition) is 1. The first-order chi connectivity index (χ1) is 8.88. The molecule has 3 nitrogen and oxygen atoms in total. The molecule has 1 N–H and O–H groups in total. The van der Waals surface area contributed by atoms with Crippen LogP contribution in [-0.2, 0) is 0 Å². The maximum atomic E-state index is 12.6. The molecule has 2 saturated heterocycles. The topological polar surface area (TPSA) is 27.6 Å². The summed E-state index contributed by atoms with van der Waals surface area (Å²) in [6.45, 7) is 6.22. The quantitative estimate of drug-likeness (QED) is 0.619. The predicted molar refractivity (Wildman–Crippen MR) is 69.0 cm³/mol. The van der Waals surface area contributed by atoms with Gasteiger partial charge in [-0.25, -0.2) is 4.99 Å². The molecule has 0 bridgehead atoms. The van der Waals surface area contributed by atoms with Crippen LogP contribution in [0.2, 0.25) is 0 Å². The number of nitrogens with zero attached hydrogens (tertiary/aromatic N) is 2. The van der Waals surface area contributed by atoms with E-state index in [0.29, 0.717) is 18.3 Å². The first kappa shape index (κ1) is 14.4. The number of halogens is 3. The molecule has 0 amide bonds. The van der Waals surface area contributed by atoms with Crippen LogP contribution in [0.25, 0.3) is 0 Å². The molecule has 0 spiro atoms. The van der Waals surface area contributed by atoms with Crippen LogP contribution in [0.5, 0.6) is 0 Å². The van der Waals surface area contributed by atoms with E-state index < -0.39 is 12.1 Å². The second-order valence-electron chi connectivity index (χ2n) is 5.38. The number of nitrogens with one attached hydrogen (secondary N) is 1. The SMILES string of the molecule is C/C(=C\N=C(/C)N1CC[C@@H](C(F)(F)F)C1)C1CNC1. The van der Waals surface area contributed by atoms with Crippen molar-refractivity contribution in [2.24, 2.45) is 16.8 Å². The molecule has 2 rings (SSSR count). The number of alkyl halides is 3. The Morgan fingerprint density at radius 1 is 1.32 bits per heavy atom. The largest absolute Gasteiger partial charge is 0.393 e. The second kappa shape index (κ2) is 5.53. The van der Waals surface area contributed by atoms with Crippen molar-refractivity contribution in [1.29, 1.82) is 0 Å². The normalized spacial score (nSPS) is 26.8. The molecular weight excluding hydrogens is 255 g/mol. The van der Waals surface area contributed by atoms with E-state index in [4.69, 9.17) is 0 Å². The van der Waals surface area contributed by atoms with E-state index in [1.807, 2.05) is 6.92 Å². The number of likely N-dealkylation sites (tertiary alicyclic amines) is 1. The van der Waals surface area contributed by atoms with Crippen LogP contribution in [0.4, 0.5) is 13.2 Å². The van der Waals surface area contributed by atoms with Crippen LogP contribution in [0.3, 0.4) is 0 Å². The third-order valence-electron chi connectivity index (χ3n) is 3.99. The molecule has 0 aromatic carbocycles. The Hall–Kier alpha value is -1.04. The zero-order chi connectivity index (χ0) is 14.0. The van der Waals surface area contributed by atoms with Gasteiger partial charge in [0.05, 0.1) is 5.92 Å². The zero-order valence-corrected chi connectivity index (χ0v) is 11.3. The lowest BCUT2D eigenvalue weighted by atomic mass is 9.96. The van der Waals surface area contributed by atoms with Gasteiger partial charge in [-0.3, -0.25) is 0 Å². The van der Waals surface area contributed by atoms with Gasteiger partial charge in [0.25, 0.3) is 0 Å². The molecule has 19 heavy (non-hydrogen) atoms. The van der Waals surface area contributed by atoms with Gasteiger partial charge in [0.2, 0.25) is 0 Å². The number of aliphatic imine (C=N–C) groups is 1. The third-order valence-corrected chi connectivity index (χ3v) is 3.99. The fourth-order valence-electron chi connectivity index (χ4n) is 2.31. The van der Waals surface area contributed by atoms with E-state index >= 15 is 0 Å².